The van der Waals surface area contributed by atoms with Gasteiger partial charge in [-0.25, -0.2) is 0 Å². The minimum atomic E-state index is -0.188. The Morgan fingerprint density at radius 3 is 2.72 bits per heavy atom. The van der Waals surface area contributed by atoms with Crippen LogP contribution in [0.15, 0.2) is 18.2 Å². The zero-order valence-corrected chi connectivity index (χ0v) is 11.7. The fourth-order valence-corrected chi connectivity index (χ4v) is 2.83. The molecule has 0 bridgehead atoms. The first-order valence-electron chi connectivity index (χ1n) is 6.54. The molecule has 1 aliphatic heterocycles. The maximum absolute atomic E-state index is 9.83. The molecule has 2 rings (SSSR count). The van der Waals surface area contributed by atoms with Gasteiger partial charge in [0.25, 0.3) is 0 Å². The molecule has 0 aromatic heterocycles. The number of hydrogen-bond donors (Lipinski definition) is 1. The number of aryl methyl sites for hydroxylation is 1. The van der Waals surface area contributed by atoms with Crippen LogP contribution in [-0.2, 0) is 0 Å². The van der Waals surface area contributed by atoms with Crippen LogP contribution in [0.25, 0.3) is 0 Å². The van der Waals surface area contributed by atoms with E-state index in [0.717, 1.165) is 30.8 Å². The van der Waals surface area contributed by atoms with Gasteiger partial charge in [0.15, 0.2) is 0 Å². The first-order chi connectivity index (χ1) is 8.44. The van der Waals surface area contributed by atoms with Crippen molar-refractivity contribution in [2.45, 2.75) is 45.3 Å². The van der Waals surface area contributed by atoms with Gasteiger partial charge in [-0.2, -0.15) is 0 Å². The number of aliphatic hydroxyl groups excluding tert-OH is 1. The van der Waals surface area contributed by atoms with Crippen LogP contribution in [0.4, 0.5) is 5.69 Å². The fourth-order valence-electron chi connectivity index (χ4n) is 2.83. The predicted octanol–water partition coefficient (Wildman–Crippen LogP) is 2.74. The second-order valence-corrected chi connectivity index (χ2v) is 5.79. The Bertz CT molecular complexity index is 429. The Balaban J connectivity index is 2.38. The number of rotatable bonds is 2. The second kappa shape index (κ2) is 4.81. The van der Waals surface area contributed by atoms with Gasteiger partial charge in [-0.15, -0.1) is 0 Å². The number of methoxy groups -OCH3 is 1. The molecule has 1 heterocycles. The molecule has 100 valence electrons. The van der Waals surface area contributed by atoms with Crippen molar-refractivity contribution in [3.8, 4) is 5.75 Å². The molecule has 0 saturated carbocycles. The van der Waals surface area contributed by atoms with E-state index >= 15 is 0 Å². The van der Waals surface area contributed by atoms with Gasteiger partial charge in [-0.05, 0) is 51.3 Å². The summed E-state index contributed by atoms with van der Waals surface area (Å²) >= 11 is 0. The van der Waals surface area contributed by atoms with Crippen LogP contribution >= 0.6 is 0 Å². The first-order valence-corrected chi connectivity index (χ1v) is 6.54. The third-order valence-electron chi connectivity index (χ3n) is 3.78. The van der Waals surface area contributed by atoms with Crippen molar-refractivity contribution in [3.05, 3.63) is 23.8 Å². The van der Waals surface area contributed by atoms with Crippen molar-refractivity contribution < 1.29 is 9.84 Å². The molecule has 0 amide bonds. The third kappa shape index (κ3) is 2.46. The topological polar surface area (TPSA) is 32.7 Å². The van der Waals surface area contributed by atoms with E-state index < -0.39 is 0 Å². The van der Waals surface area contributed by atoms with E-state index in [2.05, 4.69) is 37.8 Å². The van der Waals surface area contributed by atoms with Crippen LogP contribution in [0.5, 0.6) is 5.75 Å². The lowest BCUT2D eigenvalue weighted by molar-refractivity contribution is 0.107. The number of nitrogens with zero attached hydrogens (tertiary/aromatic N) is 1. The second-order valence-electron chi connectivity index (χ2n) is 5.79. The van der Waals surface area contributed by atoms with Gasteiger partial charge in [0, 0.05) is 12.1 Å². The Kier molecular flexibility index (Phi) is 3.53. The number of anilines is 1. The fraction of sp³-hybridized carbons (Fsp3) is 0.600. The van der Waals surface area contributed by atoms with Gasteiger partial charge in [0.05, 0.1) is 18.9 Å². The summed E-state index contributed by atoms with van der Waals surface area (Å²) in [6.07, 6.45) is 1.43. The molecule has 0 radical (unpaired) electrons. The first kappa shape index (κ1) is 13.2. The highest BCUT2D eigenvalue weighted by Gasteiger charge is 2.35. The standard InChI is InChI=1S/C15H23NO2/c1-11-5-6-14(18-4)13(9-11)16-8-7-12(17)10-15(16,2)3/h5-6,9,12,17H,7-8,10H2,1-4H3. The third-order valence-corrected chi connectivity index (χ3v) is 3.78. The van der Waals surface area contributed by atoms with E-state index in [1.807, 2.05) is 6.07 Å². The summed E-state index contributed by atoms with van der Waals surface area (Å²) in [7, 11) is 1.71. The quantitative estimate of drug-likeness (QED) is 0.874. The van der Waals surface area contributed by atoms with Gasteiger partial charge in [-0.3, -0.25) is 0 Å². The number of hydrogen-bond acceptors (Lipinski definition) is 3. The van der Waals surface area contributed by atoms with Gasteiger partial charge in [0.2, 0.25) is 0 Å². The van der Waals surface area contributed by atoms with E-state index in [9.17, 15) is 5.11 Å². The summed E-state index contributed by atoms with van der Waals surface area (Å²) in [5.74, 6) is 0.907. The molecule has 1 fully saturated rings. The van der Waals surface area contributed by atoms with E-state index in [4.69, 9.17) is 4.74 Å². The molecule has 3 heteroatoms. The Morgan fingerprint density at radius 1 is 1.39 bits per heavy atom. The van der Waals surface area contributed by atoms with Crippen molar-refractivity contribution in [1.82, 2.24) is 0 Å². The summed E-state index contributed by atoms with van der Waals surface area (Å²) in [5.41, 5.74) is 2.32. The lowest BCUT2D eigenvalue weighted by Crippen LogP contribution is -2.51. The zero-order chi connectivity index (χ0) is 13.3. The van der Waals surface area contributed by atoms with Crippen LogP contribution in [0.1, 0.15) is 32.3 Å². The summed E-state index contributed by atoms with van der Waals surface area (Å²) in [6.45, 7) is 7.32. The molecular weight excluding hydrogens is 226 g/mol. The van der Waals surface area contributed by atoms with Crippen LogP contribution < -0.4 is 9.64 Å². The average Bonchev–Trinajstić information content (AvgIpc) is 2.27. The van der Waals surface area contributed by atoms with E-state index in [1.165, 1.54) is 5.56 Å². The molecule has 1 aromatic rings. The van der Waals surface area contributed by atoms with Crippen molar-refractivity contribution in [1.29, 1.82) is 0 Å². The molecule has 18 heavy (non-hydrogen) atoms. The summed E-state index contributed by atoms with van der Waals surface area (Å²) in [5, 5.41) is 9.83. The highest BCUT2D eigenvalue weighted by molar-refractivity contribution is 5.61. The van der Waals surface area contributed by atoms with Crippen molar-refractivity contribution >= 4 is 5.69 Å². The highest BCUT2D eigenvalue weighted by atomic mass is 16.5. The maximum atomic E-state index is 9.83. The Morgan fingerprint density at radius 2 is 2.11 bits per heavy atom. The Labute approximate surface area is 109 Å². The molecular formula is C15H23NO2. The number of piperidine rings is 1. The van der Waals surface area contributed by atoms with Crippen LogP contribution in [0.3, 0.4) is 0 Å². The molecule has 1 aliphatic rings. The van der Waals surface area contributed by atoms with Crippen molar-refractivity contribution in [2.75, 3.05) is 18.6 Å². The highest BCUT2D eigenvalue weighted by Crippen LogP contribution is 2.38. The number of aliphatic hydroxyl groups is 1. The lowest BCUT2D eigenvalue weighted by Gasteiger charge is -2.46. The van der Waals surface area contributed by atoms with E-state index in [0.29, 0.717) is 0 Å². The number of benzene rings is 1. The van der Waals surface area contributed by atoms with Gasteiger partial charge in [-0.1, -0.05) is 6.07 Å². The number of ether oxygens (including phenoxy) is 1. The molecule has 1 aromatic carbocycles. The molecule has 3 nitrogen and oxygen atoms in total. The molecule has 1 unspecified atom stereocenters. The normalized spacial score (nSPS) is 22.9. The summed E-state index contributed by atoms with van der Waals surface area (Å²) < 4.78 is 5.47. The maximum Gasteiger partial charge on any atom is 0.142 e. The van der Waals surface area contributed by atoms with E-state index in [-0.39, 0.29) is 11.6 Å². The largest absolute Gasteiger partial charge is 0.495 e. The minimum Gasteiger partial charge on any atom is -0.495 e. The molecule has 1 N–H and O–H groups in total. The van der Waals surface area contributed by atoms with Gasteiger partial charge < -0.3 is 14.7 Å². The smallest absolute Gasteiger partial charge is 0.142 e. The lowest BCUT2D eigenvalue weighted by atomic mass is 9.87. The van der Waals surface area contributed by atoms with Crippen LogP contribution in [-0.4, -0.2) is 30.4 Å². The monoisotopic (exact) mass is 249 g/mol. The molecule has 1 saturated heterocycles. The molecule has 0 aliphatic carbocycles. The summed E-state index contributed by atoms with van der Waals surface area (Å²) in [6, 6.07) is 6.25. The van der Waals surface area contributed by atoms with Gasteiger partial charge in [0.1, 0.15) is 5.75 Å². The van der Waals surface area contributed by atoms with E-state index in [1.54, 1.807) is 7.11 Å². The van der Waals surface area contributed by atoms with Crippen LogP contribution in [0.2, 0.25) is 0 Å². The minimum absolute atomic E-state index is 0.0429. The van der Waals surface area contributed by atoms with Crippen molar-refractivity contribution in [3.63, 3.8) is 0 Å². The predicted molar refractivity (Wildman–Crippen MR) is 74.4 cm³/mol. The van der Waals surface area contributed by atoms with Gasteiger partial charge >= 0.3 is 0 Å². The SMILES string of the molecule is COc1ccc(C)cc1N1CCC(O)CC1(C)C. The summed E-state index contributed by atoms with van der Waals surface area (Å²) in [4.78, 5) is 2.35. The molecule has 1 atom stereocenters. The molecule has 0 spiro atoms. The van der Waals surface area contributed by atoms with Crippen molar-refractivity contribution in [2.24, 2.45) is 0 Å². The average molecular weight is 249 g/mol. The zero-order valence-electron chi connectivity index (χ0n) is 11.7. The van der Waals surface area contributed by atoms with Crippen LogP contribution in [0, 0.1) is 6.92 Å². The Hall–Kier alpha value is -1.22.